The van der Waals surface area contributed by atoms with Crippen molar-refractivity contribution in [1.82, 2.24) is 0 Å². The van der Waals surface area contributed by atoms with Gasteiger partial charge in [-0.25, -0.2) is 0 Å². The first-order chi connectivity index (χ1) is 9.10. The summed E-state index contributed by atoms with van der Waals surface area (Å²) in [6.07, 6.45) is 3.06. The van der Waals surface area contributed by atoms with E-state index in [-0.39, 0.29) is 12.6 Å². The molecule has 3 nitrogen and oxygen atoms in total. The average molecular weight is 264 g/mol. The van der Waals surface area contributed by atoms with E-state index in [4.69, 9.17) is 4.74 Å². The zero-order valence-corrected chi connectivity index (χ0v) is 12.1. The highest BCUT2D eigenvalue weighted by atomic mass is 16.5. The lowest BCUT2D eigenvalue weighted by Crippen LogP contribution is -2.38. The summed E-state index contributed by atoms with van der Waals surface area (Å²) in [5.74, 6) is -0.251. The number of rotatable bonds is 7. The van der Waals surface area contributed by atoms with E-state index in [1.165, 1.54) is 7.11 Å². The number of ether oxygens (including phenoxy) is 1. The first kappa shape index (κ1) is 15.7. The van der Waals surface area contributed by atoms with E-state index in [0.717, 1.165) is 24.0 Å². The maximum atomic E-state index is 12.3. The summed E-state index contributed by atoms with van der Waals surface area (Å²) >= 11 is 0. The summed E-state index contributed by atoms with van der Waals surface area (Å²) in [5.41, 5.74) is 1.38. The number of unbranched alkanes of at least 4 members (excludes halogenated alkanes) is 1. The zero-order chi connectivity index (χ0) is 14.3. The molecule has 1 unspecified atom stereocenters. The van der Waals surface area contributed by atoms with Gasteiger partial charge in [-0.05, 0) is 25.3 Å². The van der Waals surface area contributed by atoms with Crippen LogP contribution in [0.2, 0.25) is 0 Å². The minimum atomic E-state index is -0.715. The molecular formula is C16H24O3. The minimum absolute atomic E-state index is 0.0211. The van der Waals surface area contributed by atoms with Crippen molar-refractivity contribution in [2.24, 2.45) is 0 Å². The van der Waals surface area contributed by atoms with Crippen molar-refractivity contribution in [3.05, 3.63) is 35.4 Å². The molecule has 1 aromatic carbocycles. The van der Waals surface area contributed by atoms with Gasteiger partial charge in [-0.3, -0.25) is 4.79 Å². The molecule has 1 aromatic rings. The van der Waals surface area contributed by atoms with Gasteiger partial charge in [0.15, 0.2) is 0 Å². The Kier molecular flexibility index (Phi) is 6.03. The number of aliphatic hydroxyl groups is 1. The number of aryl methyl sites for hydroxylation is 1. The Morgan fingerprint density at radius 2 is 1.89 bits per heavy atom. The fourth-order valence-electron chi connectivity index (χ4n) is 2.47. The van der Waals surface area contributed by atoms with Crippen molar-refractivity contribution >= 4 is 5.97 Å². The lowest BCUT2D eigenvalue weighted by Gasteiger charge is -2.31. The largest absolute Gasteiger partial charge is 0.468 e. The molecule has 0 heterocycles. The first-order valence-electron chi connectivity index (χ1n) is 6.87. The van der Waals surface area contributed by atoms with Crippen LogP contribution in [0.1, 0.15) is 43.7 Å². The van der Waals surface area contributed by atoms with Crippen LogP contribution >= 0.6 is 0 Å². The van der Waals surface area contributed by atoms with Gasteiger partial charge in [0.25, 0.3) is 0 Å². The third-order valence-electron chi connectivity index (χ3n) is 3.68. The van der Waals surface area contributed by atoms with Crippen molar-refractivity contribution in [2.75, 3.05) is 13.7 Å². The molecule has 0 spiro atoms. The topological polar surface area (TPSA) is 46.5 Å². The van der Waals surface area contributed by atoms with Crippen LogP contribution in [0.5, 0.6) is 0 Å². The number of carbonyl (C=O) groups excluding carboxylic acids is 1. The second kappa shape index (κ2) is 7.29. The standard InChI is InChI=1S/C16H24O3/c1-4-5-10-16(11-12-17,15(18)19-3)14-8-6-13(2)7-9-14/h6-9,17H,4-5,10-12H2,1-3H3. The molecule has 0 radical (unpaired) electrons. The second-order valence-corrected chi connectivity index (χ2v) is 5.02. The monoisotopic (exact) mass is 264 g/mol. The van der Waals surface area contributed by atoms with Crippen molar-refractivity contribution in [2.45, 2.75) is 44.9 Å². The van der Waals surface area contributed by atoms with Gasteiger partial charge in [0.1, 0.15) is 0 Å². The highest BCUT2D eigenvalue weighted by Gasteiger charge is 2.40. The number of aliphatic hydroxyl groups excluding tert-OH is 1. The summed E-state index contributed by atoms with van der Waals surface area (Å²) in [6, 6.07) is 7.93. The Balaban J connectivity index is 3.20. The molecule has 1 rings (SSSR count). The number of hydrogen-bond acceptors (Lipinski definition) is 3. The van der Waals surface area contributed by atoms with Crippen LogP contribution in [0.15, 0.2) is 24.3 Å². The first-order valence-corrected chi connectivity index (χ1v) is 6.87. The van der Waals surface area contributed by atoms with Crippen LogP contribution in [0.25, 0.3) is 0 Å². The number of methoxy groups -OCH3 is 1. The molecule has 0 saturated carbocycles. The Hall–Kier alpha value is -1.35. The molecule has 0 saturated heterocycles. The molecule has 0 aliphatic carbocycles. The Bertz CT molecular complexity index is 397. The highest BCUT2D eigenvalue weighted by Crippen LogP contribution is 2.35. The van der Waals surface area contributed by atoms with Crippen LogP contribution in [0.4, 0.5) is 0 Å². The number of carbonyl (C=O) groups is 1. The van der Waals surface area contributed by atoms with E-state index in [1.807, 2.05) is 31.2 Å². The van der Waals surface area contributed by atoms with Crippen LogP contribution in [-0.2, 0) is 14.9 Å². The Morgan fingerprint density at radius 1 is 1.26 bits per heavy atom. The van der Waals surface area contributed by atoms with Gasteiger partial charge in [0, 0.05) is 6.61 Å². The smallest absolute Gasteiger partial charge is 0.316 e. The molecule has 1 N–H and O–H groups in total. The third-order valence-corrected chi connectivity index (χ3v) is 3.68. The maximum Gasteiger partial charge on any atom is 0.316 e. The molecule has 0 aliphatic rings. The molecule has 106 valence electrons. The number of esters is 1. The molecule has 1 atom stereocenters. The van der Waals surface area contributed by atoms with Crippen molar-refractivity contribution in [3.63, 3.8) is 0 Å². The van der Waals surface area contributed by atoms with Gasteiger partial charge in [-0.1, -0.05) is 49.6 Å². The summed E-state index contributed by atoms with van der Waals surface area (Å²) < 4.78 is 5.00. The summed E-state index contributed by atoms with van der Waals surface area (Å²) in [6.45, 7) is 4.09. The normalized spacial score (nSPS) is 13.9. The lowest BCUT2D eigenvalue weighted by molar-refractivity contribution is -0.148. The van der Waals surface area contributed by atoms with E-state index in [0.29, 0.717) is 12.8 Å². The van der Waals surface area contributed by atoms with Gasteiger partial charge in [0.05, 0.1) is 12.5 Å². The van der Waals surface area contributed by atoms with E-state index in [2.05, 4.69) is 6.92 Å². The highest BCUT2D eigenvalue weighted by molar-refractivity contribution is 5.83. The van der Waals surface area contributed by atoms with E-state index in [1.54, 1.807) is 0 Å². The molecular weight excluding hydrogens is 240 g/mol. The molecule has 19 heavy (non-hydrogen) atoms. The van der Waals surface area contributed by atoms with Crippen LogP contribution in [0.3, 0.4) is 0 Å². The van der Waals surface area contributed by atoms with E-state index in [9.17, 15) is 9.90 Å². The Labute approximate surface area is 115 Å². The maximum absolute atomic E-state index is 12.3. The van der Waals surface area contributed by atoms with Gasteiger partial charge < -0.3 is 9.84 Å². The summed E-state index contributed by atoms with van der Waals surface area (Å²) in [7, 11) is 1.41. The Morgan fingerprint density at radius 3 is 2.37 bits per heavy atom. The predicted molar refractivity (Wildman–Crippen MR) is 76.1 cm³/mol. The van der Waals surface area contributed by atoms with Crippen molar-refractivity contribution in [1.29, 1.82) is 0 Å². The molecule has 0 aliphatic heterocycles. The molecule has 3 heteroatoms. The van der Waals surface area contributed by atoms with Gasteiger partial charge in [-0.2, -0.15) is 0 Å². The van der Waals surface area contributed by atoms with Gasteiger partial charge in [0.2, 0.25) is 0 Å². The number of benzene rings is 1. The quantitative estimate of drug-likeness (QED) is 0.770. The molecule has 0 aromatic heterocycles. The van der Waals surface area contributed by atoms with Crippen molar-refractivity contribution in [3.8, 4) is 0 Å². The SMILES string of the molecule is CCCCC(CCO)(C(=O)OC)c1ccc(C)cc1. The lowest BCUT2D eigenvalue weighted by atomic mass is 9.73. The second-order valence-electron chi connectivity index (χ2n) is 5.02. The van der Waals surface area contributed by atoms with E-state index >= 15 is 0 Å². The zero-order valence-electron chi connectivity index (χ0n) is 12.1. The minimum Gasteiger partial charge on any atom is -0.468 e. The predicted octanol–water partition coefficient (Wildman–Crippen LogP) is 2.98. The van der Waals surface area contributed by atoms with E-state index < -0.39 is 5.41 Å². The molecule has 0 amide bonds. The van der Waals surface area contributed by atoms with Crippen LogP contribution in [-0.4, -0.2) is 24.8 Å². The van der Waals surface area contributed by atoms with Crippen molar-refractivity contribution < 1.29 is 14.6 Å². The summed E-state index contributed by atoms with van der Waals surface area (Å²) in [4.78, 5) is 12.3. The third kappa shape index (κ3) is 3.57. The fourth-order valence-corrected chi connectivity index (χ4v) is 2.47. The summed E-state index contributed by atoms with van der Waals surface area (Å²) in [5, 5.41) is 9.35. The average Bonchev–Trinajstić information content (AvgIpc) is 2.43. The number of hydrogen-bond donors (Lipinski definition) is 1. The van der Waals surface area contributed by atoms with Crippen LogP contribution in [0, 0.1) is 6.92 Å². The molecule has 0 fully saturated rings. The fraction of sp³-hybridized carbons (Fsp3) is 0.562. The van der Waals surface area contributed by atoms with Gasteiger partial charge >= 0.3 is 5.97 Å². The molecule has 0 bridgehead atoms. The van der Waals surface area contributed by atoms with Gasteiger partial charge in [-0.15, -0.1) is 0 Å². The van der Waals surface area contributed by atoms with Crippen LogP contribution < -0.4 is 0 Å².